The van der Waals surface area contributed by atoms with Crippen molar-refractivity contribution in [1.82, 2.24) is 9.97 Å². The maximum Gasteiger partial charge on any atom is 0.225 e. The topological polar surface area (TPSA) is 49.8 Å². The van der Waals surface area contributed by atoms with Crippen LogP contribution in [0.15, 0.2) is 11.1 Å². The van der Waals surface area contributed by atoms with Gasteiger partial charge in [0.25, 0.3) is 0 Å². The summed E-state index contributed by atoms with van der Waals surface area (Å²) in [4.78, 5) is 8.63. The molecule has 0 aromatic carbocycles. The van der Waals surface area contributed by atoms with E-state index >= 15 is 0 Å². The molecule has 0 spiro atoms. The fourth-order valence-electron chi connectivity index (χ4n) is 1.15. The average molecular weight is 210 g/mol. The first-order chi connectivity index (χ1) is 6.81. The zero-order chi connectivity index (χ0) is 9.97. The standard InChI is InChI=1S/C9H14N4S/c1-10-9-12-7(11-6-3-4-6)5-8(13-9)14-2/h5-6H,3-4H2,1-2H3,(H2,10,11,12,13). The van der Waals surface area contributed by atoms with E-state index in [0.717, 1.165) is 10.8 Å². The average Bonchev–Trinajstić information content (AvgIpc) is 3.01. The third kappa shape index (κ3) is 2.29. The lowest BCUT2D eigenvalue weighted by Crippen LogP contribution is -2.06. The van der Waals surface area contributed by atoms with E-state index in [-0.39, 0.29) is 0 Å². The highest BCUT2D eigenvalue weighted by Gasteiger charge is 2.21. The van der Waals surface area contributed by atoms with Gasteiger partial charge in [-0.15, -0.1) is 11.8 Å². The van der Waals surface area contributed by atoms with Crippen molar-refractivity contribution >= 4 is 23.5 Å². The first-order valence-corrected chi connectivity index (χ1v) is 5.91. The van der Waals surface area contributed by atoms with Crippen molar-refractivity contribution in [2.75, 3.05) is 23.9 Å². The molecule has 2 rings (SSSR count). The molecular weight excluding hydrogens is 196 g/mol. The van der Waals surface area contributed by atoms with Gasteiger partial charge in [0.05, 0.1) is 0 Å². The van der Waals surface area contributed by atoms with Crippen molar-refractivity contribution in [2.24, 2.45) is 0 Å². The van der Waals surface area contributed by atoms with E-state index in [1.807, 2.05) is 19.4 Å². The van der Waals surface area contributed by atoms with Gasteiger partial charge in [0, 0.05) is 19.2 Å². The van der Waals surface area contributed by atoms with Gasteiger partial charge in [-0.05, 0) is 19.1 Å². The van der Waals surface area contributed by atoms with Gasteiger partial charge in [-0.3, -0.25) is 0 Å². The smallest absolute Gasteiger partial charge is 0.225 e. The van der Waals surface area contributed by atoms with Gasteiger partial charge in [0.15, 0.2) is 0 Å². The van der Waals surface area contributed by atoms with E-state index in [9.17, 15) is 0 Å². The molecule has 76 valence electrons. The van der Waals surface area contributed by atoms with Crippen LogP contribution in [0.4, 0.5) is 11.8 Å². The third-order valence-corrected chi connectivity index (χ3v) is 2.69. The van der Waals surface area contributed by atoms with Crippen molar-refractivity contribution in [3.8, 4) is 0 Å². The van der Waals surface area contributed by atoms with Crippen LogP contribution in [0.3, 0.4) is 0 Å². The van der Waals surface area contributed by atoms with E-state index in [1.165, 1.54) is 12.8 Å². The number of aromatic nitrogens is 2. The highest BCUT2D eigenvalue weighted by atomic mass is 32.2. The Morgan fingerprint density at radius 3 is 2.79 bits per heavy atom. The van der Waals surface area contributed by atoms with Crippen LogP contribution in [0.2, 0.25) is 0 Å². The van der Waals surface area contributed by atoms with Gasteiger partial charge in [0.2, 0.25) is 5.95 Å². The number of nitrogens with one attached hydrogen (secondary N) is 2. The van der Waals surface area contributed by atoms with Crippen molar-refractivity contribution in [3.05, 3.63) is 6.07 Å². The van der Waals surface area contributed by atoms with Gasteiger partial charge < -0.3 is 10.6 Å². The monoisotopic (exact) mass is 210 g/mol. The van der Waals surface area contributed by atoms with Crippen LogP contribution in [0.25, 0.3) is 0 Å². The molecule has 0 atom stereocenters. The number of nitrogens with zero attached hydrogens (tertiary/aromatic N) is 2. The van der Waals surface area contributed by atoms with Crippen LogP contribution in [0.1, 0.15) is 12.8 Å². The molecular formula is C9H14N4S. The maximum atomic E-state index is 4.33. The van der Waals surface area contributed by atoms with Crippen molar-refractivity contribution in [2.45, 2.75) is 23.9 Å². The largest absolute Gasteiger partial charge is 0.367 e. The highest BCUT2D eigenvalue weighted by Crippen LogP contribution is 2.25. The first-order valence-electron chi connectivity index (χ1n) is 4.69. The van der Waals surface area contributed by atoms with Gasteiger partial charge in [-0.2, -0.15) is 4.98 Å². The van der Waals surface area contributed by atoms with Crippen LogP contribution in [0, 0.1) is 0 Å². The summed E-state index contributed by atoms with van der Waals surface area (Å²) in [5, 5.41) is 7.31. The Hall–Kier alpha value is -0.970. The molecule has 4 nitrogen and oxygen atoms in total. The zero-order valence-corrected chi connectivity index (χ0v) is 9.19. The molecule has 0 amide bonds. The number of anilines is 2. The normalized spacial score (nSPS) is 15.3. The summed E-state index contributed by atoms with van der Waals surface area (Å²) < 4.78 is 0. The molecule has 0 radical (unpaired) electrons. The second-order valence-corrected chi connectivity index (χ2v) is 4.11. The Morgan fingerprint density at radius 1 is 1.43 bits per heavy atom. The number of thioether (sulfide) groups is 1. The molecule has 5 heteroatoms. The van der Waals surface area contributed by atoms with Crippen LogP contribution in [0.5, 0.6) is 0 Å². The van der Waals surface area contributed by atoms with E-state index in [1.54, 1.807) is 11.8 Å². The predicted molar refractivity (Wildman–Crippen MR) is 60.0 cm³/mol. The summed E-state index contributed by atoms with van der Waals surface area (Å²) in [6, 6.07) is 2.62. The second kappa shape index (κ2) is 4.04. The summed E-state index contributed by atoms with van der Waals surface area (Å²) in [5.74, 6) is 1.61. The summed E-state index contributed by atoms with van der Waals surface area (Å²) in [5.41, 5.74) is 0. The van der Waals surface area contributed by atoms with Gasteiger partial charge in [-0.1, -0.05) is 0 Å². The number of hydrogen-bond acceptors (Lipinski definition) is 5. The van der Waals surface area contributed by atoms with E-state index in [0.29, 0.717) is 12.0 Å². The molecule has 0 unspecified atom stereocenters. The SMILES string of the molecule is CNc1nc(NC2CC2)cc(SC)n1. The van der Waals surface area contributed by atoms with Crippen molar-refractivity contribution < 1.29 is 0 Å². The Morgan fingerprint density at radius 2 is 2.21 bits per heavy atom. The van der Waals surface area contributed by atoms with Gasteiger partial charge in [-0.25, -0.2) is 4.98 Å². The molecule has 1 aliphatic rings. The van der Waals surface area contributed by atoms with Gasteiger partial charge in [0.1, 0.15) is 10.8 Å². The molecule has 0 saturated heterocycles. The van der Waals surface area contributed by atoms with Gasteiger partial charge >= 0.3 is 0 Å². The molecule has 1 heterocycles. The molecule has 2 N–H and O–H groups in total. The quantitative estimate of drug-likeness (QED) is 0.586. The lowest BCUT2D eigenvalue weighted by atomic mass is 10.5. The Labute approximate surface area is 87.9 Å². The minimum Gasteiger partial charge on any atom is -0.367 e. The lowest BCUT2D eigenvalue weighted by molar-refractivity contribution is 1.02. The molecule has 1 aromatic heterocycles. The summed E-state index contributed by atoms with van der Waals surface area (Å²) in [6.07, 6.45) is 4.53. The van der Waals surface area contributed by atoms with Crippen LogP contribution in [-0.2, 0) is 0 Å². The molecule has 1 fully saturated rings. The predicted octanol–water partition coefficient (Wildman–Crippen LogP) is 1.81. The number of rotatable bonds is 4. The van der Waals surface area contributed by atoms with E-state index < -0.39 is 0 Å². The molecule has 0 bridgehead atoms. The Kier molecular flexibility index (Phi) is 2.77. The molecule has 0 aliphatic heterocycles. The molecule has 1 saturated carbocycles. The minimum atomic E-state index is 0.629. The van der Waals surface area contributed by atoms with Crippen molar-refractivity contribution in [3.63, 3.8) is 0 Å². The van der Waals surface area contributed by atoms with Crippen LogP contribution in [-0.4, -0.2) is 29.3 Å². The van der Waals surface area contributed by atoms with Crippen LogP contribution >= 0.6 is 11.8 Å². The highest BCUT2D eigenvalue weighted by molar-refractivity contribution is 7.98. The Bertz CT molecular complexity index is 302. The van der Waals surface area contributed by atoms with E-state index in [4.69, 9.17) is 0 Å². The number of hydrogen-bond donors (Lipinski definition) is 2. The summed E-state index contributed by atoms with van der Waals surface area (Å²) in [7, 11) is 1.83. The van der Waals surface area contributed by atoms with E-state index in [2.05, 4.69) is 20.6 Å². The van der Waals surface area contributed by atoms with Crippen molar-refractivity contribution in [1.29, 1.82) is 0 Å². The maximum absolute atomic E-state index is 4.33. The first kappa shape index (κ1) is 9.58. The zero-order valence-electron chi connectivity index (χ0n) is 8.37. The second-order valence-electron chi connectivity index (χ2n) is 3.29. The van der Waals surface area contributed by atoms with Crippen LogP contribution < -0.4 is 10.6 Å². The molecule has 1 aliphatic carbocycles. The fraction of sp³-hybridized carbons (Fsp3) is 0.556. The molecule has 14 heavy (non-hydrogen) atoms. The lowest BCUT2D eigenvalue weighted by Gasteiger charge is -2.07. The third-order valence-electron chi connectivity index (χ3n) is 2.06. The molecule has 1 aromatic rings. The Balaban J connectivity index is 2.19. The fourth-order valence-corrected chi connectivity index (χ4v) is 1.56. The summed E-state index contributed by atoms with van der Waals surface area (Å²) in [6.45, 7) is 0. The minimum absolute atomic E-state index is 0.629. The summed E-state index contributed by atoms with van der Waals surface area (Å²) >= 11 is 1.63.